The summed E-state index contributed by atoms with van der Waals surface area (Å²) in [5, 5.41) is 6.90. The lowest BCUT2D eigenvalue weighted by Crippen LogP contribution is -2.41. The van der Waals surface area contributed by atoms with Crippen molar-refractivity contribution < 1.29 is 18.8 Å². The second kappa shape index (κ2) is 7.40. The largest absolute Gasteiger partial charge is 0.381 e. The third-order valence-electron chi connectivity index (χ3n) is 4.49. The van der Waals surface area contributed by atoms with Crippen molar-refractivity contribution in [2.45, 2.75) is 51.7 Å². The molecule has 2 fully saturated rings. The first-order valence-corrected chi connectivity index (χ1v) is 8.43. The molecule has 7 nitrogen and oxygen atoms in total. The first-order chi connectivity index (χ1) is 11.1. The summed E-state index contributed by atoms with van der Waals surface area (Å²) in [6.45, 7) is 5.61. The van der Waals surface area contributed by atoms with Crippen molar-refractivity contribution in [3.05, 3.63) is 11.7 Å². The van der Waals surface area contributed by atoms with Gasteiger partial charge in [0.05, 0.1) is 6.61 Å². The second-order valence-electron chi connectivity index (χ2n) is 6.53. The quantitative estimate of drug-likeness (QED) is 0.823. The number of rotatable bonds is 7. The van der Waals surface area contributed by atoms with Crippen LogP contribution in [0.15, 0.2) is 4.52 Å². The van der Waals surface area contributed by atoms with Crippen LogP contribution in [0.3, 0.4) is 0 Å². The SMILES string of the molecule is Cc1noc([C@@H](NC(=O)[C@H](C)OCC2CC2)C2CCOCC2)n1. The molecule has 1 N–H and O–H groups in total. The fourth-order valence-electron chi connectivity index (χ4n) is 2.78. The van der Waals surface area contributed by atoms with Gasteiger partial charge in [0.1, 0.15) is 12.1 Å². The normalized spacial score (nSPS) is 21.8. The standard InChI is InChI=1S/C16H25N3O4/c1-10(22-9-12-3-4-12)15(20)18-14(13-5-7-21-8-6-13)16-17-11(2)19-23-16/h10,12-14H,3-9H2,1-2H3,(H,18,20)/t10-,14-/m0/s1. The smallest absolute Gasteiger partial charge is 0.249 e. The number of hydrogen-bond acceptors (Lipinski definition) is 6. The highest BCUT2D eigenvalue weighted by atomic mass is 16.5. The van der Waals surface area contributed by atoms with Crippen LogP contribution >= 0.6 is 0 Å². The van der Waals surface area contributed by atoms with Crippen molar-refractivity contribution in [1.82, 2.24) is 15.5 Å². The summed E-state index contributed by atoms with van der Waals surface area (Å²) in [6.07, 6.45) is 3.68. The first-order valence-electron chi connectivity index (χ1n) is 8.43. The van der Waals surface area contributed by atoms with Crippen LogP contribution in [0.1, 0.15) is 50.4 Å². The summed E-state index contributed by atoms with van der Waals surface area (Å²) in [4.78, 5) is 16.8. The van der Waals surface area contributed by atoms with Gasteiger partial charge < -0.3 is 19.3 Å². The Morgan fingerprint density at radius 3 is 2.70 bits per heavy atom. The summed E-state index contributed by atoms with van der Waals surface area (Å²) in [6, 6.07) is -0.278. The number of hydrogen-bond donors (Lipinski definition) is 1. The number of nitrogens with zero attached hydrogens (tertiary/aromatic N) is 2. The molecule has 0 aromatic carbocycles. The average Bonchev–Trinajstić information content (AvgIpc) is 3.30. The molecule has 2 heterocycles. The summed E-state index contributed by atoms with van der Waals surface area (Å²) in [5.74, 6) is 1.79. The molecule has 1 aromatic rings. The molecule has 2 atom stereocenters. The lowest BCUT2D eigenvalue weighted by Gasteiger charge is -2.29. The van der Waals surface area contributed by atoms with E-state index in [9.17, 15) is 4.79 Å². The number of nitrogens with one attached hydrogen (secondary N) is 1. The van der Waals surface area contributed by atoms with Crippen molar-refractivity contribution in [2.75, 3.05) is 19.8 Å². The molecule has 1 aromatic heterocycles. The first kappa shape index (κ1) is 16.4. The van der Waals surface area contributed by atoms with Gasteiger partial charge >= 0.3 is 0 Å². The number of aromatic nitrogens is 2. The molecule has 23 heavy (non-hydrogen) atoms. The Kier molecular flexibility index (Phi) is 5.27. The maximum atomic E-state index is 12.5. The number of ether oxygens (including phenoxy) is 2. The Balaban J connectivity index is 1.63. The number of amides is 1. The molecule has 0 radical (unpaired) electrons. The van der Waals surface area contributed by atoms with E-state index >= 15 is 0 Å². The van der Waals surface area contributed by atoms with Gasteiger partial charge in [0, 0.05) is 13.2 Å². The van der Waals surface area contributed by atoms with Crippen LogP contribution in [-0.4, -0.2) is 42.0 Å². The van der Waals surface area contributed by atoms with E-state index in [4.69, 9.17) is 14.0 Å². The fourth-order valence-corrected chi connectivity index (χ4v) is 2.78. The van der Waals surface area contributed by atoms with Gasteiger partial charge in [-0.2, -0.15) is 4.98 Å². The van der Waals surface area contributed by atoms with Crippen molar-refractivity contribution in [3.63, 3.8) is 0 Å². The van der Waals surface area contributed by atoms with Gasteiger partial charge in [-0.15, -0.1) is 0 Å². The van der Waals surface area contributed by atoms with Gasteiger partial charge in [0.2, 0.25) is 11.8 Å². The Morgan fingerprint density at radius 1 is 1.35 bits per heavy atom. The summed E-state index contributed by atoms with van der Waals surface area (Å²) >= 11 is 0. The van der Waals surface area contributed by atoms with E-state index in [-0.39, 0.29) is 17.9 Å². The van der Waals surface area contributed by atoms with Crippen LogP contribution in [0, 0.1) is 18.8 Å². The monoisotopic (exact) mass is 323 g/mol. The zero-order valence-electron chi connectivity index (χ0n) is 13.8. The van der Waals surface area contributed by atoms with Crippen LogP contribution in [0.25, 0.3) is 0 Å². The topological polar surface area (TPSA) is 86.5 Å². The Morgan fingerprint density at radius 2 is 2.09 bits per heavy atom. The molecular weight excluding hydrogens is 298 g/mol. The molecule has 1 saturated carbocycles. The molecule has 1 aliphatic heterocycles. The molecule has 1 saturated heterocycles. The predicted octanol–water partition coefficient (Wildman–Crippen LogP) is 1.78. The Bertz CT molecular complexity index is 523. The molecule has 0 bridgehead atoms. The van der Waals surface area contributed by atoms with Gasteiger partial charge in [-0.3, -0.25) is 4.79 Å². The number of carbonyl (C=O) groups is 1. The van der Waals surface area contributed by atoms with Crippen LogP contribution in [-0.2, 0) is 14.3 Å². The van der Waals surface area contributed by atoms with Crippen LogP contribution in [0.4, 0.5) is 0 Å². The van der Waals surface area contributed by atoms with Gasteiger partial charge in [-0.05, 0) is 51.4 Å². The van der Waals surface area contributed by atoms with Crippen LogP contribution in [0.5, 0.6) is 0 Å². The number of carbonyl (C=O) groups excluding carboxylic acids is 1. The van der Waals surface area contributed by atoms with E-state index in [1.165, 1.54) is 12.8 Å². The molecule has 2 aliphatic rings. The lowest BCUT2D eigenvalue weighted by atomic mass is 9.91. The molecule has 1 aliphatic carbocycles. The Hall–Kier alpha value is -1.47. The third-order valence-corrected chi connectivity index (χ3v) is 4.49. The molecule has 0 unspecified atom stereocenters. The summed E-state index contributed by atoms with van der Waals surface area (Å²) in [5.41, 5.74) is 0. The zero-order valence-corrected chi connectivity index (χ0v) is 13.8. The maximum Gasteiger partial charge on any atom is 0.249 e. The van der Waals surface area contributed by atoms with Gasteiger partial charge in [-0.25, -0.2) is 0 Å². The van der Waals surface area contributed by atoms with Gasteiger partial charge in [0.25, 0.3) is 0 Å². The molecule has 128 valence electrons. The summed E-state index contributed by atoms with van der Waals surface area (Å²) in [7, 11) is 0. The van der Waals surface area contributed by atoms with Crippen molar-refractivity contribution in [3.8, 4) is 0 Å². The highest BCUT2D eigenvalue weighted by molar-refractivity contribution is 5.80. The molecule has 1 amide bonds. The van der Waals surface area contributed by atoms with E-state index in [0.717, 1.165) is 12.8 Å². The predicted molar refractivity (Wildman–Crippen MR) is 81.6 cm³/mol. The van der Waals surface area contributed by atoms with E-state index in [1.807, 2.05) is 0 Å². The van der Waals surface area contributed by atoms with Gasteiger partial charge in [0.15, 0.2) is 5.82 Å². The molecule has 3 rings (SSSR count). The van der Waals surface area contributed by atoms with E-state index in [0.29, 0.717) is 37.5 Å². The molecule has 7 heteroatoms. The van der Waals surface area contributed by atoms with Crippen LogP contribution in [0.2, 0.25) is 0 Å². The minimum atomic E-state index is -0.470. The zero-order chi connectivity index (χ0) is 16.2. The average molecular weight is 323 g/mol. The second-order valence-corrected chi connectivity index (χ2v) is 6.53. The lowest BCUT2D eigenvalue weighted by molar-refractivity contribution is -0.133. The highest BCUT2D eigenvalue weighted by Gasteiger charge is 2.32. The minimum absolute atomic E-state index is 0.127. The summed E-state index contributed by atoms with van der Waals surface area (Å²) < 4.78 is 16.4. The minimum Gasteiger partial charge on any atom is -0.381 e. The Labute approximate surface area is 136 Å². The maximum absolute atomic E-state index is 12.5. The highest BCUT2D eigenvalue weighted by Crippen LogP contribution is 2.30. The fraction of sp³-hybridized carbons (Fsp3) is 0.812. The van der Waals surface area contributed by atoms with Crippen molar-refractivity contribution in [1.29, 1.82) is 0 Å². The van der Waals surface area contributed by atoms with Crippen molar-refractivity contribution >= 4 is 5.91 Å². The number of aryl methyl sites for hydroxylation is 1. The van der Waals surface area contributed by atoms with E-state index in [1.54, 1.807) is 13.8 Å². The molecular formula is C16H25N3O4. The van der Waals surface area contributed by atoms with Crippen molar-refractivity contribution in [2.24, 2.45) is 11.8 Å². The van der Waals surface area contributed by atoms with E-state index in [2.05, 4.69) is 15.5 Å². The molecule has 0 spiro atoms. The third kappa shape index (κ3) is 4.51. The van der Waals surface area contributed by atoms with E-state index < -0.39 is 6.10 Å². The van der Waals surface area contributed by atoms with Crippen LogP contribution < -0.4 is 5.32 Å². The van der Waals surface area contributed by atoms with Gasteiger partial charge in [-0.1, -0.05) is 5.16 Å².